The Morgan fingerprint density at radius 2 is 1.89 bits per heavy atom. The molecule has 0 aliphatic rings. The third kappa shape index (κ3) is 4.12. The molecule has 0 fully saturated rings. The molecule has 0 unspecified atom stereocenters. The molecule has 0 aliphatic carbocycles. The highest BCUT2D eigenvalue weighted by molar-refractivity contribution is 7.15. The number of amides is 1. The minimum absolute atomic E-state index is 0.156. The SMILES string of the molecule is CN(CCCCCO)C(=O)c1ccc(C(=O)O)s1. The first-order valence-corrected chi connectivity index (χ1v) is 6.57. The van der Waals surface area contributed by atoms with E-state index < -0.39 is 5.97 Å². The molecule has 2 N–H and O–H groups in total. The van der Waals surface area contributed by atoms with E-state index in [4.69, 9.17) is 10.2 Å². The van der Waals surface area contributed by atoms with E-state index in [2.05, 4.69) is 0 Å². The number of aliphatic hydroxyl groups excluding tert-OH is 1. The summed E-state index contributed by atoms with van der Waals surface area (Å²) >= 11 is 0.990. The molecule has 1 aromatic heterocycles. The standard InChI is InChI=1S/C12H17NO4S/c1-13(7-3-2-4-8-14)11(15)9-5-6-10(18-9)12(16)17/h5-6,14H,2-4,7-8H2,1H3,(H,16,17). The minimum atomic E-state index is -1.01. The Hall–Kier alpha value is -1.40. The molecule has 1 amide bonds. The molecule has 0 bridgehead atoms. The average molecular weight is 271 g/mol. The number of carbonyl (C=O) groups excluding carboxylic acids is 1. The second-order valence-corrected chi connectivity index (χ2v) is 5.06. The molecule has 0 saturated carbocycles. The third-order valence-electron chi connectivity index (χ3n) is 2.53. The first kappa shape index (κ1) is 14.7. The topological polar surface area (TPSA) is 77.8 Å². The highest BCUT2D eigenvalue weighted by Gasteiger charge is 2.15. The van der Waals surface area contributed by atoms with E-state index >= 15 is 0 Å². The van der Waals surface area contributed by atoms with Crippen molar-refractivity contribution in [2.24, 2.45) is 0 Å². The van der Waals surface area contributed by atoms with Gasteiger partial charge in [-0.1, -0.05) is 0 Å². The van der Waals surface area contributed by atoms with Crippen molar-refractivity contribution in [1.29, 1.82) is 0 Å². The molecule has 1 rings (SSSR count). The van der Waals surface area contributed by atoms with Gasteiger partial charge in [0.15, 0.2) is 0 Å². The summed E-state index contributed by atoms with van der Waals surface area (Å²) < 4.78 is 0. The summed E-state index contributed by atoms with van der Waals surface area (Å²) in [5, 5.41) is 17.4. The van der Waals surface area contributed by atoms with Gasteiger partial charge in [-0.15, -0.1) is 11.3 Å². The number of carboxylic acids is 1. The van der Waals surface area contributed by atoms with Crippen LogP contribution in [-0.2, 0) is 0 Å². The number of hydrogen-bond acceptors (Lipinski definition) is 4. The predicted octanol–water partition coefficient (Wildman–Crippen LogP) is 1.68. The second kappa shape index (κ2) is 7.13. The zero-order chi connectivity index (χ0) is 13.5. The van der Waals surface area contributed by atoms with E-state index in [1.54, 1.807) is 18.0 Å². The Labute approximate surface area is 110 Å². The number of nitrogens with zero attached hydrogens (tertiary/aromatic N) is 1. The number of carboxylic acid groups (broad SMARTS) is 1. The third-order valence-corrected chi connectivity index (χ3v) is 3.59. The zero-order valence-electron chi connectivity index (χ0n) is 10.3. The summed E-state index contributed by atoms with van der Waals surface area (Å²) in [6.45, 7) is 0.781. The maximum absolute atomic E-state index is 11.9. The number of aliphatic hydroxyl groups is 1. The molecular weight excluding hydrogens is 254 g/mol. The first-order valence-electron chi connectivity index (χ1n) is 5.75. The summed E-state index contributed by atoms with van der Waals surface area (Å²) in [6, 6.07) is 2.99. The van der Waals surface area contributed by atoms with Gasteiger partial charge in [0, 0.05) is 20.2 Å². The maximum atomic E-state index is 11.9. The molecule has 0 aliphatic heterocycles. The molecule has 18 heavy (non-hydrogen) atoms. The smallest absolute Gasteiger partial charge is 0.345 e. The van der Waals surface area contributed by atoms with Gasteiger partial charge < -0.3 is 15.1 Å². The molecule has 1 heterocycles. The van der Waals surface area contributed by atoms with E-state index in [9.17, 15) is 9.59 Å². The largest absolute Gasteiger partial charge is 0.477 e. The van der Waals surface area contributed by atoms with Gasteiger partial charge in [0.25, 0.3) is 5.91 Å². The lowest BCUT2D eigenvalue weighted by molar-refractivity contribution is 0.0701. The molecule has 0 atom stereocenters. The van der Waals surface area contributed by atoms with E-state index in [1.807, 2.05) is 0 Å². The molecule has 0 radical (unpaired) electrons. The molecule has 6 heteroatoms. The van der Waals surface area contributed by atoms with Crippen LogP contribution in [0, 0.1) is 0 Å². The van der Waals surface area contributed by atoms with Gasteiger partial charge in [-0.25, -0.2) is 4.79 Å². The summed E-state index contributed by atoms with van der Waals surface area (Å²) in [5.41, 5.74) is 0. The second-order valence-electron chi connectivity index (χ2n) is 3.98. The van der Waals surface area contributed by atoms with Crippen LogP contribution in [0.1, 0.15) is 38.6 Å². The van der Waals surface area contributed by atoms with Crippen molar-refractivity contribution in [2.45, 2.75) is 19.3 Å². The quantitative estimate of drug-likeness (QED) is 0.740. The van der Waals surface area contributed by atoms with Crippen LogP contribution >= 0.6 is 11.3 Å². The van der Waals surface area contributed by atoms with Crippen molar-refractivity contribution >= 4 is 23.2 Å². The zero-order valence-corrected chi connectivity index (χ0v) is 11.1. The van der Waals surface area contributed by atoms with Gasteiger partial charge in [0.2, 0.25) is 0 Å². The van der Waals surface area contributed by atoms with Crippen molar-refractivity contribution in [3.63, 3.8) is 0 Å². The van der Waals surface area contributed by atoms with Gasteiger partial charge >= 0.3 is 5.97 Å². The molecule has 0 saturated heterocycles. The van der Waals surface area contributed by atoms with Gasteiger partial charge in [0.05, 0.1) is 4.88 Å². The van der Waals surface area contributed by atoms with E-state index in [0.29, 0.717) is 11.4 Å². The van der Waals surface area contributed by atoms with Crippen LogP contribution in [0.15, 0.2) is 12.1 Å². The van der Waals surface area contributed by atoms with E-state index in [0.717, 1.165) is 30.6 Å². The Bertz CT molecular complexity index is 416. The predicted molar refractivity (Wildman–Crippen MR) is 69.2 cm³/mol. The van der Waals surface area contributed by atoms with Crippen LogP contribution < -0.4 is 0 Å². The van der Waals surface area contributed by atoms with Crippen LogP contribution in [0.2, 0.25) is 0 Å². The lowest BCUT2D eigenvalue weighted by Gasteiger charge is -2.15. The Kier molecular flexibility index (Phi) is 5.80. The summed E-state index contributed by atoms with van der Waals surface area (Å²) in [6.07, 6.45) is 2.45. The molecule has 0 spiro atoms. The number of unbranched alkanes of at least 4 members (excludes halogenated alkanes) is 2. The number of rotatable bonds is 7. The fraction of sp³-hybridized carbons (Fsp3) is 0.500. The van der Waals surface area contributed by atoms with Crippen LogP contribution in [0.4, 0.5) is 0 Å². The van der Waals surface area contributed by atoms with Crippen LogP contribution in [-0.4, -0.2) is 47.2 Å². The molecule has 5 nitrogen and oxygen atoms in total. The Balaban J connectivity index is 2.49. The number of hydrogen-bond donors (Lipinski definition) is 2. The van der Waals surface area contributed by atoms with Crippen LogP contribution in [0.3, 0.4) is 0 Å². The highest BCUT2D eigenvalue weighted by Crippen LogP contribution is 2.18. The van der Waals surface area contributed by atoms with Gasteiger partial charge in [-0.05, 0) is 31.4 Å². The van der Waals surface area contributed by atoms with Gasteiger partial charge in [-0.3, -0.25) is 4.79 Å². The minimum Gasteiger partial charge on any atom is -0.477 e. The lowest BCUT2D eigenvalue weighted by atomic mass is 10.2. The summed E-state index contributed by atoms with van der Waals surface area (Å²) in [5.74, 6) is -1.17. The van der Waals surface area contributed by atoms with E-state index in [1.165, 1.54) is 6.07 Å². The van der Waals surface area contributed by atoms with Crippen molar-refractivity contribution in [1.82, 2.24) is 4.90 Å². The molecule has 100 valence electrons. The van der Waals surface area contributed by atoms with E-state index in [-0.39, 0.29) is 17.4 Å². The van der Waals surface area contributed by atoms with Crippen molar-refractivity contribution in [3.8, 4) is 0 Å². The fourth-order valence-corrected chi connectivity index (χ4v) is 2.33. The summed E-state index contributed by atoms with van der Waals surface area (Å²) in [4.78, 5) is 24.8. The first-order chi connectivity index (χ1) is 8.56. The Morgan fingerprint density at radius 3 is 2.44 bits per heavy atom. The fourth-order valence-electron chi connectivity index (χ4n) is 1.49. The number of carbonyl (C=O) groups is 2. The Morgan fingerprint density at radius 1 is 1.22 bits per heavy atom. The average Bonchev–Trinajstić information content (AvgIpc) is 2.83. The van der Waals surface area contributed by atoms with Gasteiger partial charge in [0.1, 0.15) is 4.88 Å². The van der Waals surface area contributed by atoms with Crippen molar-refractivity contribution < 1.29 is 19.8 Å². The van der Waals surface area contributed by atoms with Crippen LogP contribution in [0.5, 0.6) is 0 Å². The number of thiophene rings is 1. The maximum Gasteiger partial charge on any atom is 0.345 e. The normalized spacial score (nSPS) is 10.3. The monoisotopic (exact) mass is 271 g/mol. The van der Waals surface area contributed by atoms with Crippen LogP contribution in [0.25, 0.3) is 0 Å². The van der Waals surface area contributed by atoms with Gasteiger partial charge in [-0.2, -0.15) is 0 Å². The lowest BCUT2D eigenvalue weighted by Crippen LogP contribution is -2.27. The van der Waals surface area contributed by atoms with Crippen molar-refractivity contribution in [2.75, 3.05) is 20.2 Å². The molecule has 1 aromatic rings. The number of aromatic carboxylic acids is 1. The molecular formula is C12H17NO4S. The summed E-state index contributed by atoms with van der Waals surface area (Å²) in [7, 11) is 1.70. The highest BCUT2D eigenvalue weighted by atomic mass is 32.1. The molecule has 0 aromatic carbocycles. The van der Waals surface area contributed by atoms with Crippen molar-refractivity contribution in [3.05, 3.63) is 21.9 Å².